The van der Waals surface area contributed by atoms with Crippen molar-refractivity contribution in [2.24, 2.45) is 0 Å². The zero-order chi connectivity index (χ0) is 18.7. The molecule has 0 saturated heterocycles. The Hall–Kier alpha value is -2.18. The highest BCUT2D eigenvalue weighted by atomic mass is 35.5. The largest absolute Gasteiger partial charge is 0.350 e. The summed E-state index contributed by atoms with van der Waals surface area (Å²) in [6, 6.07) is 7.46. The molecule has 1 aromatic carbocycles. The highest BCUT2D eigenvalue weighted by molar-refractivity contribution is 7.18. The lowest BCUT2D eigenvalue weighted by Crippen LogP contribution is -2.37. The molecule has 7 heteroatoms. The first-order valence-electron chi connectivity index (χ1n) is 8.46. The van der Waals surface area contributed by atoms with E-state index in [1.54, 1.807) is 17.7 Å². The summed E-state index contributed by atoms with van der Waals surface area (Å²) in [5.74, 6) is 0.777. The molecule has 0 radical (unpaired) electrons. The number of anilines is 1. The predicted molar refractivity (Wildman–Crippen MR) is 108 cm³/mol. The van der Waals surface area contributed by atoms with Crippen molar-refractivity contribution in [2.75, 3.05) is 18.0 Å². The van der Waals surface area contributed by atoms with Gasteiger partial charge in [-0.05, 0) is 44.0 Å². The van der Waals surface area contributed by atoms with Crippen LogP contribution in [0.25, 0.3) is 10.2 Å². The zero-order valence-corrected chi connectivity index (χ0v) is 16.6. The summed E-state index contributed by atoms with van der Waals surface area (Å²) >= 11 is 7.55. The average Bonchev–Trinajstić information content (AvgIpc) is 2.93. The maximum absolute atomic E-state index is 12.4. The van der Waals surface area contributed by atoms with Crippen molar-refractivity contribution in [3.05, 3.63) is 51.6 Å². The molecule has 0 atom stereocenters. The minimum absolute atomic E-state index is 0.0434. The van der Waals surface area contributed by atoms with E-state index in [1.807, 2.05) is 36.1 Å². The van der Waals surface area contributed by atoms with E-state index in [0.717, 1.165) is 21.6 Å². The molecule has 1 N–H and O–H groups in total. The van der Waals surface area contributed by atoms with Crippen molar-refractivity contribution in [1.29, 1.82) is 0 Å². The molecule has 3 rings (SSSR count). The summed E-state index contributed by atoms with van der Waals surface area (Å²) in [4.78, 5) is 25.4. The third-order valence-electron chi connectivity index (χ3n) is 4.36. The highest BCUT2D eigenvalue weighted by Crippen LogP contribution is 2.34. The predicted octanol–water partition coefficient (Wildman–Crippen LogP) is 4.10. The Balaban J connectivity index is 1.73. The molecular weight excluding hydrogens is 368 g/mol. The molecule has 2 aromatic heterocycles. The lowest BCUT2D eigenvalue weighted by molar-refractivity contribution is -0.119. The van der Waals surface area contributed by atoms with Gasteiger partial charge in [-0.1, -0.05) is 23.7 Å². The molecule has 0 aliphatic rings. The van der Waals surface area contributed by atoms with Crippen LogP contribution >= 0.6 is 22.9 Å². The maximum atomic E-state index is 12.4. The highest BCUT2D eigenvalue weighted by Gasteiger charge is 2.18. The van der Waals surface area contributed by atoms with Crippen LogP contribution in [0.3, 0.4) is 0 Å². The number of hydrogen-bond acceptors (Lipinski definition) is 5. The molecule has 0 fully saturated rings. The SMILES string of the molecule is CCN(CC(=O)NCc1ccc(Cl)cc1)c1ncnc2sc(C)c(C)c12. The number of benzene rings is 1. The topological polar surface area (TPSA) is 58.1 Å². The van der Waals surface area contributed by atoms with Crippen LogP contribution in [-0.4, -0.2) is 29.0 Å². The molecule has 3 aromatic rings. The van der Waals surface area contributed by atoms with Crippen molar-refractivity contribution in [3.63, 3.8) is 0 Å². The summed E-state index contributed by atoms with van der Waals surface area (Å²) in [5.41, 5.74) is 2.19. The summed E-state index contributed by atoms with van der Waals surface area (Å²) in [6.45, 7) is 7.60. The van der Waals surface area contributed by atoms with Crippen molar-refractivity contribution in [3.8, 4) is 0 Å². The van der Waals surface area contributed by atoms with Crippen LogP contribution < -0.4 is 10.2 Å². The number of nitrogens with one attached hydrogen (secondary N) is 1. The van der Waals surface area contributed by atoms with E-state index < -0.39 is 0 Å². The van der Waals surface area contributed by atoms with Gasteiger partial charge in [0.05, 0.1) is 11.9 Å². The number of thiophene rings is 1. The summed E-state index contributed by atoms with van der Waals surface area (Å²) in [6.07, 6.45) is 1.57. The Kier molecular flexibility index (Phi) is 5.74. The molecule has 0 bridgehead atoms. The Morgan fingerprint density at radius 2 is 1.96 bits per heavy atom. The molecule has 0 aliphatic carbocycles. The average molecular weight is 389 g/mol. The van der Waals surface area contributed by atoms with Gasteiger partial charge in [0.2, 0.25) is 5.91 Å². The molecular formula is C19H21ClN4OS. The van der Waals surface area contributed by atoms with Crippen LogP contribution in [0.2, 0.25) is 5.02 Å². The number of hydrogen-bond donors (Lipinski definition) is 1. The van der Waals surface area contributed by atoms with Crippen LogP contribution in [0.15, 0.2) is 30.6 Å². The van der Waals surface area contributed by atoms with E-state index >= 15 is 0 Å². The summed E-state index contributed by atoms with van der Waals surface area (Å²) in [5, 5.41) is 4.69. The number of aromatic nitrogens is 2. The van der Waals surface area contributed by atoms with Crippen molar-refractivity contribution in [1.82, 2.24) is 15.3 Å². The number of halogens is 1. The normalized spacial score (nSPS) is 10.9. The van der Waals surface area contributed by atoms with Crippen molar-refractivity contribution < 1.29 is 4.79 Å². The molecule has 0 unspecified atom stereocenters. The van der Waals surface area contributed by atoms with E-state index in [2.05, 4.69) is 29.1 Å². The second-order valence-electron chi connectivity index (χ2n) is 6.08. The lowest BCUT2D eigenvalue weighted by Gasteiger charge is -2.22. The number of rotatable bonds is 6. The van der Waals surface area contributed by atoms with Crippen molar-refractivity contribution >= 4 is 44.9 Å². The van der Waals surface area contributed by atoms with Gasteiger partial charge in [0, 0.05) is 23.0 Å². The first kappa shape index (κ1) is 18.6. The van der Waals surface area contributed by atoms with Crippen LogP contribution in [0, 0.1) is 13.8 Å². The number of likely N-dealkylation sites (N-methyl/N-ethyl adjacent to an activating group) is 1. The molecule has 5 nitrogen and oxygen atoms in total. The number of aryl methyl sites for hydroxylation is 2. The van der Waals surface area contributed by atoms with Gasteiger partial charge in [-0.2, -0.15) is 0 Å². The number of fused-ring (bicyclic) bond motifs is 1. The smallest absolute Gasteiger partial charge is 0.239 e. The Bertz CT molecular complexity index is 923. The zero-order valence-electron chi connectivity index (χ0n) is 15.0. The van der Waals surface area contributed by atoms with Gasteiger partial charge in [0.1, 0.15) is 17.0 Å². The van der Waals surface area contributed by atoms with Crippen LogP contribution in [0.1, 0.15) is 22.9 Å². The fraction of sp³-hybridized carbons (Fsp3) is 0.316. The number of nitrogens with zero attached hydrogens (tertiary/aromatic N) is 3. The molecule has 0 spiro atoms. The molecule has 0 saturated carbocycles. The standard InChI is InChI=1S/C19H21ClN4OS/c1-4-24(10-16(25)21-9-14-5-7-15(20)8-6-14)18-17-12(2)13(3)26-19(17)23-11-22-18/h5-8,11H,4,9-10H2,1-3H3,(H,21,25). The fourth-order valence-corrected chi connectivity index (χ4v) is 3.89. The summed E-state index contributed by atoms with van der Waals surface area (Å²) < 4.78 is 0. The van der Waals surface area contributed by atoms with E-state index in [0.29, 0.717) is 18.1 Å². The van der Waals surface area contributed by atoms with E-state index in [9.17, 15) is 4.79 Å². The van der Waals surface area contributed by atoms with Crippen LogP contribution in [-0.2, 0) is 11.3 Å². The lowest BCUT2D eigenvalue weighted by atomic mass is 10.2. The molecule has 1 amide bonds. The number of amides is 1. The minimum atomic E-state index is -0.0434. The molecule has 26 heavy (non-hydrogen) atoms. The second-order valence-corrected chi connectivity index (χ2v) is 7.72. The van der Waals surface area contributed by atoms with Gasteiger partial charge in [-0.3, -0.25) is 4.79 Å². The fourth-order valence-electron chi connectivity index (χ4n) is 2.77. The first-order valence-corrected chi connectivity index (χ1v) is 9.65. The first-order chi connectivity index (χ1) is 12.5. The number of carbonyl (C=O) groups is 1. The molecule has 136 valence electrons. The second kappa shape index (κ2) is 8.01. The Labute approximate surface area is 162 Å². The summed E-state index contributed by atoms with van der Waals surface area (Å²) in [7, 11) is 0. The Morgan fingerprint density at radius 1 is 1.23 bits per heavy atom. The Morgan fingerprint density at radius 3 is 2.65 bits per heavy atom. The van der Waals surface area contributed by atoms with E-state index in [1.165, 1.54) is 10.4 Å². The van der Waals surface area contributed by atoms with E-state index in [-0.39, 0.29) is 12.5 Å². The van der Waals surface area contributed by atoms with Crippen LogP contribution in [0.5, 0.6) is 0 Å². The van der Waals surface area contributed by atoms with Crippen LogP contribution in [0.4, 0.5) is 5.82 Å². The third-order valence-corrected chi connectivity index (χ3v) is 5.73. The van der Waals surface area contributed by atoms with Gasteiger partial charge in [0.15, 0.2) is 0 Å². The molecule has 0 aliphatic heterocycles. The monoisotopic (exact) mass is 388 g/mol. The third kappa shape index (κ3) is 3.97. The van der Waals surface area contributed by atoms with Gasteiger partial charge in [-0.25, -0.2) is 9.97 Å². The van der Waals surface area contributed by atoms with Gasteiger partial charge < -0.3 is 10.2 Å². The van der Waals surface area contributed by atoms with Gasteiger partial charge in [-0.15, -0.1) is 11.3 Å². The quantitative estimate of drug-likeness (QED) is 0.690. The van der Waals surface area contributed by atoms with Gasteiger partial charge in [0.25, 0.3) is 0 Å². The maximum Gasteiger partial charge on any atom is 0.239 e. The van der Waals surface area contributed by atoms with Crippen molar-refractivity contribution in [2.45, 2.75) is 27.3 Å². The van der Waals surface area contributed by atoms with E-state index in [4.69, 9.17) is 11.6 Å². The number of carbonyl (C=O) groups excluding carboxylic acids is 1. The molecule has 2 heterocycles. The minimum Gasteiger partial charge on any atom is -0.350 e. The van der Waals surface area contributed by atoms with Gasteiger partial charge >= 0.3 is 0 Å².